The normalized spacial score (nSPS) is 13.0. The highest BCUT2D eigenvalue weighted by atomic mass is 16.5. The lowest BCUT2D eigenvalue weighted by Gasteiger charge is -2.14. The van der Waals surface area contributed by atoms with Gasteiger partial charge in [0.2, 0.25) is 11.8 Å². The molecule has 53 heavy (non-hydrogen) atoms. The molecule has 6 heterocycles. The molecule has 0 amide bonds. The summed E-state index contributed by atoms with van der Waals surface area (Å²) >= 11 is 0. The molecule has 0 N–H and O–H groups in total. The van der Waals surface area contributed by atoms with Crippen LogP contribution < -0.4 is 9.47 Å². The fraction of sp³-hybridized carbons (Fsp3) is 0.400. The second-order valence-electron chi connectivity index (χ2n) is 12.3. The van der Waals surface area contributed by atoms with Crippen molar-refractivity contribution in [3.8, 4) is 45.5 Å². The molecule has 3 aliphatic heterocycles. The van der Waals surface area contributed by atoms with Gasteiger partial charge < -0.3 is 9.47 Å². The van der Waals surface area contributed by atoms with Crippen LogP contribution in [-0.2, 0) is 26.1 Å². The minimum atomic E-state index is 0.748. The van der Waals surface area contributed by atoms with Crippen LogP contribution in [0.15, 0.2) is 91.0 Å². The largest absolute Gasteiger partial charge is 0.478 e. The van der Waals surface area contributed by atoms with Crippen LogP contribution in [0, 0.1) is 20.8 Å². The van der Waals surface area contributed by atoms with Gasteiger partial charge in [-0.2, -0.15) is 15.3 Å². The minimum Gasteiger partial charge on any atom is -0.478 e. The van der Waals surface area contributed by atoms with Gasteiger partial charge in [-0.1, -0.05) is 133 Å². The number of hydrogen-bond acceptors (Lipinski definition) is 5. The van der Waals surface area contributed by atoms with E-state index in [2.05, 4.69) is 90.2 Å². The SMILES string of the molecule is CC.CC.CC.Cc1c(-c2ccccc2)nn2c1CCCC2.Cc1c(-c2ccccc2)nn2c1OCC2.Cc1c(-c2ccccc2)nn2c1OCCC2. The maximum atomic E-state index is 5.66. The quantitative estimate of drug-likeness (QED) is 0.182. The van der Waals surface area contributed by atoms with Gasteiger partial charge in [-0.25, -0.2) is 9.36 Å². The van der Waals surface area contributed by atoms with Crippen molar-refractivity contribution >= 4 is 0 Å². The van der Waals surface area contributed by atoms with E-state index in [1.807, 2.05) is 87.3 Å². The number of aryl methyl sites for hydroxylation is 2. The lowest BCUT2D eigenvalue weighted by molar-refractivity contribution is 0.229. The Hall–Kier alpha value is -5.11. The average Bonchev–Trinajstić information content (AvgIpc) is 4.02. The molecular weight excluding hydrogens is 657 g/mol. The number of aromatic nitrogens is 6. The molecule has 6 aromatic rings. The van der Waals surface area contributed by atoms with Crippen LogP contribution in [-0.4, -0.2) is 42.6 Å². The molecule has 3 aromatic carbocycles. The number of nitrogens with zero attached hydrogens (tertiary/aromatic N) is 6. The Kier molecular flexibility index (Phi) is 16.0. The number of rotatable bonds is 3. The summed E-state index contributed by atoms with van der Waals surface area (Å²) in [5.74, 6) is 1.86. The standard InChI is InChI=1S/C14H16N2.C13H14N2O.C12H12N2O.3C2H6/c1-11-13-9-5-6-10-16(13)15-14(11)12-7-3-2-4-8-12;1-10-12(11-6-3-2-4-7-11)14-15-8-5-9-16-13(10)15;1-9-11(10-5-3-2-4-6-10)13-14-7-8-15-12(9)14;3*1-2/h2-4,7-8H,5-6,9-10H2,1H3;2-4,6-7H,5,8-9H2,1H3;2-6H,7-8H2,1H3;3*1-2H3. The lowest BCUT2D eigenvalue weighted by Crippen LogP contribution is -2.14. The second kappa shape index (κ2) is 20.8. The highest BCUT2D eigenvalue weighted by Crippen LogP contribution is 2.33. The van der Waals surface area contributed by atoms with Crippen LogP contribution in [0.2, 0.25) is 0 Å². The molecule has 8 heteroatoms. The molecule has 0 spiro atoms. The predicted molar refractivity (Wildman–Crippen MR) is 220 cm³/mol. The fourth-order valence-electron chi connectivity index (χ4n) is 6.61. The van der Waals surface area contributed by atoms with E-state index in [0.717, 1.165) is 90.4 Å². The Bertz CT molecular complexity index is 1850. The van der Waals surface area contributed by atoms with Gasteiger partial charge in [0.15, 0.2) is 0 Å². The first-order valence-corrected chi connectivity index (χ1v) is 19.7. The van der Waals surface area contributed by atoms with Crippen molar-refractivity contribution in [2.24, 2.45) is 0 Å². The van der Waals surface area contributed by atoms with Gasteiger partial charge in [0.1, 0.15) is 6.61 Å². The third-order valence-electron chi connectivity index (χ3n) is 9.05. The van der Waals surface area contributed by atoms with Crippen LogP contribution in [0.1, 0.15) is 83.2 Å². The molecule has 282 valence electrons. The topological polar surface area (TPSA) is 71.9 Å². The van der Waals surface area contributed by atoms with E-state index in [-0.39, 0.29) is 0 Å². The van der Waals surface area contributed by atoms with Crippen LogP contribution in [0.3, 0.4) is 0 Å². The number of benzene rings is 3. The zero-order chi connectivity index (χ0) is 38.2. The summed E-state index contributed by atoms with van der Waals surface area (Å²) in [5.41, 5.74) is 11.9. The number of hydrogen-bond donors (Lipinski definition) is 0. The molecule has 3 aliphatic rings. The summed E-state index contributed by atoms with van der Waals surface area (Å²) in [4.78, 5) is 0. The molecule has 9 rings (SSSR count). The molecule has 0 radical (unpaired) electrons. The van der Waals surface area contributed by atoms with Gasteiger partial charge in [-0.15, -0.1) is 0 Å². The van der Waals surface area contributed by atoms with E-state index in [4.69, 9.17) is 14.6 Å². The average molecular weight is 717 g/mol. The van der Waals surface area contributed by atoms with Crippen molar-refractivity contribution in [3.05, 3.63) is 113 Å². The van der Waals surface area contributed by atoms with E-state index >= 15 is 0 Å². The molecule has 0 saturated heterocycles. The van der Waals surface area contributed by atoms with Gasteiger partial charge in [0, 0.05) is 53.0 Å². The summed E-state index contributed by atoms with van der Waals surface area (Å²) in [6.45, 7) is 22.8. The van der Waals surface area contributed by atoms with Gasteiger partial charge in [-0.3, -0.25) is 4.68 Å². The highest BCUT2D eigenvalue weighted by molar-refractivity contribution is 5.66. The number of fused-ring (bicyclic) bond motifs is 3. The molecule has 3 aromatic heterocycles. The molecule has 0 fully saturated rings. The highest BCUT2D eigenvalue weighted by Gasteiger charge is 2.22. The molecule has 0 unspecified atom stereocenters. The molecule has 8 nitrogen and oxygen atoms in total. The molecule has 0 atom stereocenters. The summed E-state index contributed by atoms with van der Waals surface area (Å²) in [5, 5.41) is 13.9. The van der Waals surface area contributed by atoms with Crippen LogP contribution in [0.4, 0.5) is 0 Å². The van der Waals surface area contributed by atoms with Crippen molar-refractivity contribution in [2.75, 3.05) is 13.2 Å². The van der Waals surface area contributed by atoms with Gasteiger partial charge in [-0.05, 0) is 45.6 Å². The van der Waals surface area contributed by atoms with Gasteiger partial charge >= 0.3 is 0 Å². The Morgan fingerprint density at radius 1 is 0.434 bits per heavy atom. The minimum absolute atomic E-state index is 0.748. The molecule has 0 saturated carbocycles. The van der Waals surface area contributed by atoms with Crippen molar-refractivity contribution in [1.29, 1.82) is 0 Å². The van der Waals surface area contributed by atoms with Crippen molar-refractivity contribution < 1.29 is 9.47 Å². The fourth-order valence-corrected chi connectivity index (χ4v) is 6.61. The summed E-state index contributed by atoms with van der Waals surface area (Å²) in [7, 11) is 0. The first-order valence-electron chi connectivity index (χ1n) is 19.7. The second-order valence-corrected chi connectivity index (χ2v) is 12.3. The zero-order valence-electron chi connectivity index (χ0n) is 33.5. The summed E-state index contributed by atoms with van der Waals surface area (Å²) in [6.07, 6.45) is 4.80. The van der Waals surface area contributed by atoms with Crippen LogP contribution >= 0.6 is 0 Å². The predicted octanol–water partition coefficient (Wildman–Crippen LogP) is 11.2. The van der Waals surface area contributed by atoms with Crippen LogP contribution in [0.25, 0.3) is 33.8 Å². The smallest absolute Gasteiger partial charge is 0.215 e. The lowest BCUT2D eigenvalue weighted by atomic mass is 10.0. The maximum absolute atomic E-state index is 5.66. The van der Waals surface area contributed by atoms with Crippen LogP contribution in [0.5, 0.6) is 11.8 Å². The van der Waals surface area contributed by atoms with Gasteiger partial charge in [0.05, 0.1) is 30.2 Å². The van der Waals surface area contributed by atoms with E-state index in [1.165, 1.54) is 36.1 Å². The van der Waals surface area contributed by atoms with E-state index in [0.29, 0.717) is 0 Å². The third-order valence-corrected chi connectivity index (χ3v) is 9.05. The summed E-state index contributed by atoms with van der Waals surface area (Å²) < 4.78 is 17.3. The first kappa shape index (κ1) is 40.7. The number of ether oxygens (including phenoxy) is 2. The van der Waals surface area contributed by atoms with Crippen molar-refractivity contribution in [1.82, 2.24) is 29.3 Å². The Labute approximate surface area is 317 Å². The molecule has 0 aliphatic carbocycles. The van der Waals surface area contributed by atoms with E-state index < -0.39 is 0 Å². The van der Waals surface area contributed by atoms with Gasteiger partial charge in [0.25, 0.3) is 0 Å². The Balaban J connectivity index is 0.000000166. The summed E-state index contributed by atoms with van der Waals surface area (Å²) in [6, 6.07) is 31.0. The van der Waals surface area contributed by atoms with Crippen molar-refractivity contribution in [2.45, 2.75) is 108 Å². The Morgan fingerprint density at radius 3 is 1.26 bits per heavy atom. The molecule has 0 bridgehead atoms. The first-order chi connectivity index (χ1) is 26.1. The van der Waals surface area contributed by atoms with E-state index in [1.54, 1.807) is 0 Å². The third kappa shape index (κ3) is 9.66. The van der Waals surface area contributed by atoms with E-state index in [9.17, 15) is 0 Å². The zero-order valence-corrected chi connectivity index (χ0v) is 33.5. The Morgan fingerprint density at radius 2 is 0.830 bits per heavy atom. The molecular formula is C45H60N6O2. The maximum Gasteiger partial charge on any atom is 0.215 e. The monoisotopic (exact) mass is 716 g/mol. The van der Waals surface area contributed by atoms with Crippen molar-refractivity contribution in [3.63, 3.8) is 0 Å².